The molecule has 0 aromatic carbocycles. The maximum Gasteiger partial charge on any atom is 0.304 e. The number of ether oxygens (including phenoxy) is 3. The molecule has 0 aliphatic rings. The third-order valence-electron chi connectivity index (χ3n) is 0.759. The Bertz CT molecular complexity index is 122. The standard InChI is InChI=1S/C6H10O5/c1-6(8)11-5-10-3-2-9-4-7/h4H,2-3,5H2,1H3. The molecule has 0 amide bonds. The van der Waals surface area contributed by atoms with Gasteiger partial charge in [0.2, 0.25) is 0 Å². The van der Waals surface area contributed by atoms with Crippen LogP contribution in [0.2, 0.25) is 0 Å². The Morgan fingerprint density at radius 2 is 2.18 bits per heavy atom. The summed E-state index contributed by atoms with van der Waals surface area (Å²) in [6, 6.07) is 0. The Balaban J connectivity index is 2.90. The lowest BCUT2D eigenvalue weighted by Crippen LogP contribution is -2.08. The van der Waals surface area contributed by atoms with Crippen LogP contribution >= 0.6 is 0 Å². The van der Waals surface area contributed by atoms with E-state index in [0.717, 1.165) is 0 Å². The molecule has 11 heavy (non-hydrogen) atoms. The van der Waals surface area contributed by atoms with E-state index >= 15 is 0 Å². The van der Waals surface area contributed by atoms with Gasteiger partial charge in [0, 0.05) is 6.92 Å². The zero-order chi connectivity index (χ0) is 8.53. The second kappa shape index (κ2) is 7.01. The molecular weight excluding hydrogens is 152 g/mol. The molecule has 0 bridgehead atoms. The van der Waals surface area contributed by atoms with Gasteiger partial charge in [-0.3, -0.25) is 9.59 Å². The highest BCUT2D eigenvalue weighted by Gasteiger charge is 1.91. The SMILES string of the molecule is CC(=O)OCOCCOC=O. The van der Waals surface area contributed by atoms with E-state index in [0.29, 0.717) is 6.47 Å². The number of esters is 1. The highest BCUT2D eigenvalue weighted by molar-refractivity contribution is 5.65. The van der Waals surface area contributed by atoms with Crippen molar-refractivity contribution in [3.8, 4) is 0 Å². The maximum atomic E-state index is 10.1. The average Bonchev–Trinajstić information content (AvgIpc) is 1.96. The molecule has 0 fully saturated rings. The van der Waals surface area contributed by atoms with Gasteiger partial charge in [-0.15, -0.1) is 0 Å². The molecule has 0 spiro atoms. The van der Waals surface area contributed by atoms with Crippen molar-refractivity contribution in [3.05, 3.63) is 0 Å². The van der Waals surface area contributed by atoms with Crippen molar-refractivity contribution in [3.63, 3.8) is 0 Å². The summed E-state index contributed by atoms with van der Waals surface area (Å²) in [6.07, 6.45) is 0. The molecular formula is C6H10O5. The second-order valence-electron chi connectivity index (χ2n) is 1.63. The molecule has 0 unspecified atom stereocenters. The first-order valence-corrected chi connectivity index (χ1v) is 3.03. The minimum Gasteiger partial charge on any atom is -0.465 e. The molecule has 0 aromatic rings. The van der Waals surface area contributed by atoms with Gasteiger partial charge in [0.25, 0.3) is 6.47 Å². The van der Waals surface area contributed by atoms with Crippen LogP contribution in [0.1, 0.15) is 6.92 Å². The summed E-state index contributed by atoms with van der Waals surface area (Å²) in [5, 5.41) is 0. The molecule has 0 heterocycles. The lowest BCUT2D eigenvalue weighted by Gasteiger charge is -2.02. The molecule has 0 saturated carbocycles. The molecule has 64 valence electrons. The largest absolute Gasteiger partial charge is 0.465 e. The van der Waals surface area contributed by atoms with E-state index in [9.17, 15) is 9.59 Å². The van der Waals surface area contributed by atoms with Crippen molar-refractivity contribution in [2.24, 2.45) is 0 Å². The van der Waals surface area contributed by atoms with E-state index in [-0.39, 0.29) is 20.0 Å². The summed E-state index contributed by atoms with van der Waals surface area (Å²) in [6.45, 7) is 1.91. The molecule has 5 heteroatoms. The molecule has 0 rings (SSSR count). The molecule has 0 N–H and O–H groups in total. The summed E-state index contributed by atoms with van der Waals surface area (Å²) in [5.74, 6) is -0.402. The summed E-state index contributed by atoms with van der Waals surface area (Å²) in [7, 11) is 0. The van der Waals surface area contributed by atoms with E-state index in [1.54, 1.807) is 0 Å². The van der Waals surface area contributed by atoms with Crippen molar-refractivity contribution in [1.82, 2.24) is 0 Å². The monoisotopic (exact) mass is 162 g/mol. The molecule has 0 aromatic heterocycles. The molecule has 0 aliphatic carbocycles. The zero-order valence-corrected chi connectivity index (χ0v) is 6.24. The number of carbonyl (C=O) groups excluding carboxylic acids is 2. The van der Waals surface area contributed by atoms with Crippen LogP contribution in [0, 0.1) is 0 Å². The van der Waals surface area contributed by atoms with E-state index in [1.807, 2.05) is 0 Å². The molecule has 0 radical (unpaired) electrons. The van der Waals surface area contributed by atoms with Crippen molar-refractivity contribution in [1.29, 1.82) is 0 Å². The first-order valence-electron chi connectivity index (χ1n) is 3.03. The third-order valence-corrected chi connectivity index (χ3v) is 0.759. The lowest BCUT2D eigenvalue weighted by atomic mass is 10.8. The minimum absolute atomic E-state index is 0.0997. The van der Waals surface area contributed by atoms with Crippen molar-refractivity contribution in [2.75, 3.05) is 20.0 Å². The molecule has 0 atom stereocenters. The summed E-state index contributed by atoms with van der Waals surface area (Å²) in [5.41, 5.74) is 0. The van der Waals surface area contributed by atoms with Crippen molar-refractivity contribution >= 4 is 12.4 Å². The predicted octanol–water partition coefficient (Wildman–Crippen LogP) is -0.303. The van der Waals surface area contributed by atoms with Crippen LogP contribution < -0.4 is 0 Å². The number of carbonyl (C=O) groups is 2. The minimum atomic E-state index is -0.402. The summed E-state index contributed by atoms with van der Waals surface area (Å²) < 4.78 is 13.4. The van der Waals surface area contributed by atoms with Crippen molar-refractivity contribution in [2.45, 2.75) is 6.92 Å². The van der Waals surface area contributed by atoms with Gasteiger partial charge >= 0.3 is 5.97 Å². The Kier molecular flexibility index (Phi) is 6.31. The zero-order valence-electron chi connectivity index (χ0n) is 6.24. The first kappa shape index (κ1) is 9.90. The van der Waals surface area contributed by atoms with E-state index in [2.05, 4.69) is 9.47 Å². The van der Waals surface area contributed by atoms with Crippen LogP contribution in [0.15, 0.2) is 0 Å². The Morgan fingerprint density at radius 1 is 1.45 bits per heavy atom. The normalized spacial score (nSPS) is 8.82. The van der Waals surface area contributed by atoms with Crippen LogP contribution in [0.25, 0.3) is 0 Å². The fourth-order valence-electron chi connectivity index (χ4n) is 0.339. The lowest BCUT2D eigenvalue weighted by molar-refractivity contribution is -0.155. The van der Waals surface area contributed by atoms with Gasteiger partial charge in [-0.25, -0.2) is 0 Å². The van der Waals surface area contributed by atoms with E-state index in [4.69, 9.17) is 4.74 Å². The smallest absolute Gasteiger partial charge is 0.304 e. The first-order chi connectivity index (χ1) is 5.27. The van der Waals surface area contributed by atoms with Gasteiger partial charge in [0.15, 0.2) is 6.79 Å². The van der Waals surface area contributed by atoms with Crippen LogP contribution in [0.5, 0.6) is 0 Å². The third kappa shape index (κ3) is 8.90. The Morgan fingerprint density at radius 3 is 2.73 bits per heavy atom. The van der Waals surface area contributed by atoms with E-state index < -0.39 is 5.97 Å². The average molecular weight is 162 g/mol. The maximum absolute atomic E-state index is 10.1. The van der Waals surface area contributed by atoms with Gasteiger partial charge in [-0.05, 0) is 0 Å². The summed E-state index contributed by atoms with van der Waals surface area (Å²) >= 11 is 0. The van der Waals surface area contributed by atoms with Gasteiger partial charge in [-0.1, -0.05) is 0 Å². The molecule has 5 nitrogen and oxygen atoms in total. The summed E-state index contributed by atoms with van der Waals surface area (Å²) in [4.78, 5) is 19.7. The predicted molar refractivity (Wildman–Crippen MR) is 34.6 cm³/mol. The topological polar surface area (TPSA) is 61.8 Å². The number of hydrogen-bond acceptors (Lipinski definition) is 5. The van der Waals surface area contributed by atoms with E-state index in [1.165, 1.54) is 6.92 Å². The van der Waals surface area contributed by atoms with Crippen molar-refractivity contribution < 1.29 is 23.8 Å². The van der Waals surface area contributed by atoms with Gasteiger partial charge < -0.3 is 14.2 Å². The van der Waals surface area contributed by atoms with Crippen LogP contribution in [0.4, 0.5) is 0 Å². The highest BCUT2D eigenvalue weighted by atomic mass is 16.7. The van der Waals surface area contributed by atoms with Gasteiger partial charge in [0.1, 0.15) is 6.61 Å². The highest BCUT2D eigenvalue weighted by Crippen LogP contribution is 1.79. The van der Waals surface area contributed by atoms with Gasteiger partial charge in [0.05, 0.1) is 6.61 Å². The second-order valence-corrected chi connectivity index (χ2v) is 1.63. The van der Waals surface area contributed by atoms with Crippen LogP contribution in [0.3, 0.4) is 0 Å². The fraction of sp³-hybridized carbons (Fsp3) is 0.667. The van der Waals surface area contributed by atoms with Crippen LogP contribution in [-0.4, -0.2) is 32.4 Å². The number of rotatable bonds is 6. The molecule has 0 saturated heterocycles. The quantitative estimate of drug-likeness (QED) is 0.232. The number of hydrogen-bond donors (Lipinski definition) is 0. The van der Waals surface area contributed by atoms with Gasteiger partial charge in [-0.2, -0.15) is 0 Å². The van der Waals surface area contributed by atoms with Crippen LogP contribution in [-0.2, 0) is 23.8 Å². The fourth-order valence-corrected chi connectivity index (χ4v) is 0.339. The Labute approximate surface area is 64.2 Å². The Hall–Kier alpha value is -1.10. The molecule has 0 aliphatic heterocycles.